The number of hydrogen-bond donors (Lipinski definition) is 10. The van der Waals surface area contributed by atoms with Crippen LogP contribution in [0.25, 0.3) is 0 Å². The highest BCUT2D eigenvalue weighted by Gasteiger charge is 2.27. The van der Waals surface area contributed by atoms with E-state index in [2.05, 4.69) is 37.2 Å². The number of primary amides is 1. The van der Waals surface area contributed by atoms with Crippen molar-refractivity contribution in [2.75, 3.05) is 44.6 Å². The minimum atomic E-state index is -1.24. The molecule has 4 unspecified atom stereocenters. The molecule has 0 saturated heterocycles. The van der Waals surface area contributed by atoms with Crippen molar-refractivity contribution in [3.8, 4) is 0 Å². The van der Waals surface area contributed by atoms with Crippen LogP contribution >= 0.6 is 0 Å². The zero-order chi connectivity index (χ0) is 42.2. The van der Waals surface area contributed by atoms with Crippen molar-refractivity contribution >= 4 is 58.4 Å². The van der Waals surface area contributed by atoms with Crippen molar-refractivity contribution in [1.82, 2.24) is 31.9 Å². The summed E-state index contributed by atoms with van der Waals surface area (Å²) in [6.07, 6.45) is 2.28. The van der Waals surface area contributed by atoms with Gasteiger partial charge >= 0.3 is 0 Å². The summed E-state index contributed by atoms with van der Waals surface area (Å²) in [5, 5.41) is 39.9. The number of amides is 7. The number of rotatable bonds is 28. The van der Waals surface area contributed by atoms with Crippen molar-refractivity contribution in [1.29, 1.82) is 0 Å². The standard InChI is InChI=1S/C33H54N12O11/c1-3-20(2)30(31(36)50)43-29(49)19-40-32(51)23(8-4-5-13-34)42-28(48)18-39-33(52)24(41-27(47)17-35)11-12-26(46)38-15-7-6-14-37-22-10-9-21(44(53)54)16-25(22)45(55)56/h9-10,16,20,23-24,30,37H,3-8,11-15,17-19,34-35H2,1-2H3,(H2,36,50)(H,38,46)(H,39,52)(H,40,51)(H,41,47)(H,42,48)(H,43,49). The van der Waals surface area contributed by atoms with Gasteiger partial charge in [-0.15, -0.1) is 0 Å². The lowest BCUT2D eigenvalue weighted by Gasteiger charge is -2.22. The number of hydrogen-bond acceptors (Lipinski definition) is 14. The Kier molecular flexibility index (Phi) is 22.3. The van der Waals surface area contributed by atoms with E-state index in [0.717, 1.165) is 12.1 Å². The van der Waals surface area contributed by atoms with E-state index in [0.29, 0.717) is 38.6 Å². The van der Waals surface area contributed by atoms with Crippen molar-refractivity contribution in [3.63, 3.8) is 0 Å². The highest BCUT2D eigenvalue weighted by molar-refractivity contribution is 5.94. The summed E-state index contributed by atoms with van der Waals surface area (Å²) in [6.45, 7) is 2.82. The van der Waals surface area contributed by atoms with Crippen LogP contribution in [0.3, 0.4) is 0 Å². The minimum absolute atomic E-state index is 0.106. The van der Waals surface area contributed by atoms with Gasteiger partial charge in [-0.2, -0.15) is 0 Å². The molecule has 0 radical (unpaired) electrons. The highest BCUT2D eigenvalue weighted by Crippen LogP contribution is 2.28. The van der Waals surface area contributed by atoms with Gasteiger partial charge in [0.1, 0.15) is 23.8 Å². The second-order valence-electron chi connectivity index (χ2n) is 12.7. The Balaban J connectivity index is 2.65. The number of benzene rings is 1. The number of unbranched alkanes of at least 4 members (excludes halogenated alkanes) is 2. The number of nitro groups is 2. The number of nitrogens with one attached hydrogen (secondary N) is 7. The third-order valence-electron chi connectivity index (χ3n) is 8.41. The van der Waals surface area contributed by atoms with E-state index >= 15 is 0 Å². The van der Waals surface area contributed by atoms with Crippen molar-refractivity contribution in [3.05, 3.63) is 38.4 Å². The minimum Gasteiger partial charge on any atom is -0.379 e. The Morgan fingerprint density at radius 3 is 1.88 bits per heavy atom. The molecule has 0 aliphatic rings. The molecule has 0 bridgehead atoms. The average molecular weight is 795 g/mol. The van der Waals surface area contributed by atoms with Crippen molar-refractivity contribution < 1.29 is 43.4 Å². The molecule has 0 aliphatic heterocycles. The molecule has 7 amide bonds. The van der Waals surface area contributed by atoms with Gasteiger partial charge in [0, 0.05) is 25.6 Å². The molecule has 0 heterocycles. The van der Waals surface area contributed by atoms with Gasteiger partial charge < -0.3 is 54.4 Å². The molecule has 0 fully saturated rings. The van der Waals surface area contributed by atoms with Crippen LogP contribution < -0.4 is 54.4 Å². The van der Waals surface area contributed by atoms with Gasteiger partial charge in [0.15, 0.2) is 0 Å². The molecular formula is C33H54N12O11. The van der Waals surface area contributed by atoms with Gasteiger partial charge in [0.2, 0.25) is 41.4 Å². The molecule has 23 heteroatoms. The summed E-state index contributed by atoms with van der Waals surface area (Å²) in [7, 11) is 0. The summed E-state index contributed by atoms with van der Waals surface area (Å²) in [5.41, 5.74) is 15.5. The largest absolute Gasteiger partial charge is 0.379 e. The van der Waals surface area contributed by atoms with Crippen LogP contribution in [-0.4, -0.2) is 109 Å². The number of nitrogens with zero attached hydrogens (tertiary/aromatic N) is 2. The molecule has 1 rings (SSSR count). The quantitative estimate of drug-likeness (QED) is 0.0247. The lowest BCUT2D eigenvalue weighted by atomic mass is 9.98. The normalized spacial score (nSPS) is 12.8. The molecule has 13 N–H and O–H groups in total. The van der Waals surface area contributed by atoms with Crippen molar-refractivity contribution in [2.24, 2.45) is 23.1 Å². The first-order valence-electron chi connectivity index (χ1n) is 18.1. The number of non-ortho nitro benzene ring substituents is 1. The molecular weight excluding hydrogens is 740 g/mol. The third-order valence-corrected chi connectivity index (χ3v) is 8.41. The Hall–Kier alpha value is -5.97. The maximum atomic E-state index is 13.0. The first kappa shape index (κ1) is 48.0. The number of carbonyl (C=O) groups is 7. The lowest BCUT2D eigenvalue weighted by molar-refractivity contribution is -0.393. The smallest absolute Gasteiger partial charge is 0.299 e. The zero-order valence-corrected chi connectivity index (χ0v) is 31.6. The third kappa shape index (κ3) is 18.4. The Labute approximate surface area is 323 Å². The van der Waals surface area contributed by atoms with E-state index in [1.165, 1.54) is 6.07 Å². The first-order valence-corrected chi connectivity index (χ1v) is 18.1. The maximum Gasteiger partial charge on any atom is 0.299 e. The fourth-order valence-electron chi connectivity index (χ4n) is 5.06. The molecule has 312 valence electrons. The Bertz CT molecular complexity index is 1540. The zero-order valence-electron chi connectivity index (χ0n) is 31.6. The predicted molar refractivity (Wildman–Crippen MR) is 202 cm³/mol. The molecule has 0 saturated carbocycles. The molecule has 1 aromatic rings. The molecule has 0 aromatic heterocycles. The van der Waals surface area contributed by atoms with Crippen molar-refractivity contribution in [2.45, 2.75) is 83.3 Å². The van der Waals surface area contributed by atoms with Gasteiger partial charge in [-0.3, -0.25) is 53.8 Å². The maximum absolute atomic E-state index is 13.0. The van der Waals surface area contributed by atoms with E-state index in [1.54, 1.807) is 6.92 Å². The number of carbonyl (C=O) groups excluding carboxylic acids is 7. The number of nitro benzene ring substituents is 2. The van der Waals surface area contributed by atoms with E-state index in [-0.39, 0.29) is 44.0 Å². The van der Waals surface area contributed by atoms with Gasteiger partial charge in [0.05, 0.1) is 35.5 Å². The van der Waals surface area contributed by atoms with Crippen LogP contribution in [0.15, 0.2) is 18.2 Å². The average Bonchev–Trinajstić information content (AvgIpc) is 3.16. The number of anilines is 1. The second kappa shape index (κ2) is 25.9. The summed E-state index contributed by atoms with van der Waals surface area (Å²) in [5.74, 6) is -5.03. The number of nitrogens with two attached hydrogens (primary N) is 3. The molecule has 56 heavy (non-hydrogen) atoms. The van der Waals surface area contributed by atoms with Gasteiger partial charge in [0.25, 0.3) is 11.4 Å². The lowest BCUT2D eigenvalue weighted by Crippen LogP contribution is -2.54. The van der Waals surface area contributed by atoms with Crippen LogP contribution in [-0.2, 0) is 33.6 Å². The predicted octanol–water partition coefficient (Wildman–Crippen LogP) is -2.10. The van der Waals surface area contributed by atoms with Gasteiger partial charge in [-0.05, 0) is 57.1 Å². The van der Waals surface area contributed by atoms with Gasteiger partial charge in [-0.25, -0.2) is 0 Å². The van der Waals surface area contributed by atoms with E-state index < -0.39 is 100 Å². The summed E-state index contributed by atoms with van der Waals surface area (Å²) in [6, 6.07) is -0.0428. The van der Waals surface area contributed by atoms with E-state index in [4.69, 9.17) is 17.2 Å². The SMILES string of the molecule is CCC(C)C(NC(=O)CNC(=O)C(CCCCN)NC(=O)CNC(=O)C(CCC(=O)NCCCCNc1ccc([N+](=O)[O-])cc1[N+](=O)[O-])NC(=O)CN)C(N)=O. The van der Waals surface area contributed by atoms with Crippen LogP contribution in [0.5, 0.6) is 0 Å². The summed E-state index contributed by atoms with van der Waals surface area (Å²) in [4.78, 5) is 108. The van der Waals surface area contributed by atoms with Crippen LogP contribution in [0.2, 0.25) is 0 Å². The van der Waals surface area contributed by atoms with Crippen LogP contribution in [0, 0.1) is 26.1 Å². The van der Waals surface area contributed by atoms with Crippen LogP contribution in [0.4, 0.5) is 17.1 Å². The molecule has 23 nitrogen and oxygen atoms in total. The molecule has 0 aliphatic carbocycles. The summed E-state index contributed by atoms with van der Waals surface area (Å²) >= 11 is 0. The molecule has 0 spiro atoms. The van der Waals surface area contributed by atoms with E-state index in [1.807, 2.05) is 6.92 Å². The topological polar surface area (TPSA) is 368 Å². The monoisotopic (exact) mass is 794 g/mol. The fourth-order valence-corrected chi connectivity index (χ4v) is 5.06. The van der Waals surface area contributed by atoms with Gasteiger partial charge in [-0.1, -0.05) is 20.3 Å². The Morgan fingerprint density at radius 2 is 1.32 bits per heavy atom. The molecule has 4 atom stereocenters. The highest BCUT2D eigenvalue weighted by atomic mass is 16.6. The Morgan fingerprint density at radius 1 is 0.732 bits per heavy atom. The molecule has 1 aromatic carbocycles. The first-order chi connectivity index (χ1) is 26.5. The second-order valence-corrected chi connectivity index (χ2v) is 12.7. The van der Waals surface area contributed by atoms with E-state index in [9.17, 15) is 53.8 Å². The fraction of sp³-hybridized carbons (Fsp3) is 0.606. The summed E-state index contributed by atoms with van der Waals surface area (Å²) < 4.78 is 0. The van der Waals surface area contributed by atoms with Crippen LogP contribution in [0.1, 0.15) is 65.2 Å².